The summed E-state index contributed by atoms with van der Waals surface area (Å²) in [5.41, 5.74) is 3.58. The molecule has 1 aromatic rings. The Morgan fingerprint density at radius 1 is 1.30 bits per heavy atom. The molecule has 1 rings (SSSR count). The lowest BCUT2D eigenvalue weighted by atomic mass is 10.2. The van der Waals surface area contributed by atoms with E-state index in [1.54, 1.807) is 0 Å². The van der Waals surface area contributed by atoms with Gasteiger partial charge in [0.05, 0.1) is 5.56 Å². The molecule has 1 amide bonds. The SMILES string of the molecule is CC(C)(Sc1nc(C(F)(F)F)ccc1C(N)=O)C(=O)O. The Balaban J connectivity index is 3.34. The van der Waals surface area contributed by atoms with Gasteiger partial charge in [-0.1, -0.05) is 11.8 Å². The van der Waals surface area contributed by atoms with E-state index in [1.807, 2.05) is 0 Å². The van der Waals surface area contributed by atoms with Gasteiger partial charge in [0.15, 0.2) is 0 Å². The molecule has 0 atom stereocenters. The van der Waals surface area contributed by atoms with Crippen LogP contribution in [0.4, 0.5) is 13.2 Å². The van der Waals surface area contributed by atoms with Gasteiger partial charge in [0.25, 0.3) is 5.91 Å². The minimum Gasteiger partial charge on any atom is -0.480 e. The second-order valence-electron chi connectivity index (χ2n) is 4.33. The zero-order valence-electron chi connectivity index (χ0n) is 10.5. The van der Waals surface area contributed by atoms with E-state index in [0.29, 0.717) is 17.8 Å². The first-order valence-corrected chi connectivity index (χ1v) is 6.07. The molecule has 0 aromatic carbocycles. The highest BCUT2D eigenvalue weighted by atomic mass is 32.2. The third-order valence-electron chi connectivity index (χ3n) is 2.28. The van der Waals surface area contributed by atoms with E-state index in [1.165, 1.54) is 13.8 Å². The molecule has 0 saturated heterocycles. The molecular formula is C11H11F3N2O3S. The lowest BCUT2D eigenvalue weighted by molar-refractivity contribution is -0.141. The van der Waals surface area contributed by atoms with E-state index >= 15 is 0 Å². The topological polar surface area (TPSA) is 93.3 Å². The molecule has 3 N–H and O–H groups in total. The van der Waals surface area contributed by atoms with E-state index in [4.69, 9.17) is 10.8 Å². The molecular weight excluding hydrogens is 297 g/mol. The van der Waals surface area contributed by atoms with Gasteiger partial charge in [-0.2, -0.15) is 13.2 Å². The standard InChI is InChI=1S/C11H11F3N2O3S/c1-10(2,9(18)19)20-8-5(7(15)17)3-4-6(16-8)11(12,13)14/h3-4H,1-2H3,(H2,15,17)(H,18,19). The predicted molar refractivity (Wildman–Crippen MR) is 65.3 cm³/mol. The average Bonchev–Trinajstić information content (AvgIpc) is 2.26. The van der Waals surface area contributed by atoms with Crippen LogP contribution < -0.4 is 5.73 Å². The van der Waals surface area contributed by atoms with E-state index in [-0.39, 0.29) is 10.6 Å². The second kappa shape index (κ2) is 5.31. The lowest BCUT2D eigenvalue weighted by Crippen LogP contribution is -2.28. The Morgan fingerprint density at radius 3 is 2.25 bits per heavy atom. The van der Waals surface area contributed by atoms with Crippen molar-refractivity contribution in [3.63, 3.8) is 0 Å². The first-order valence-electron chi connectivity index (χ1n) is 5.25. The molecule has 0 saturated carbocycles. The van der Waals surface area contributed by atoms with Crippen LogP contribution in [0.5, 0.6) is 0 Å². The first-order chi connectivity index (χ1) is 8.95. The van der Waals surface area contributed by atoms with Gasteiger partial charge in [-0.3, -0.25) is 9.59 Å². The summed E-state index contributed by atoms with van der Waals surface area (Å²) in [5, 5.41) is 8.61. The Kier molecular flexibility index (Phi) is 4.33. The van der Waals surface area contributed by atoms with Crippen LogP contribution in [0.1, 0.15) is 29.9 Å². The highest BCUT2D eigenvalue weighted by Gasteiger charge is 2.36. The van der Waals surface area contributed by atoms with Crippen molar-refractivity contribution in [3.8, 4) is 0 Å². The van der Waals surface area contributed by atoms with Crippen molar-refractivity contribution in [2.24, 2.45) is 5.73 Å². The number of aliphatic carboxylic acids is 1. The van der Waals surface area contributed by atoms with Gasteiger partial charge in [-0.05, 0) is 26.0 Å². The number of carboxylic acid groups (broad SMARTS) is 1. The van der Waals surface area contributed by atoms with Gasteiger partial charge in [-0.25, -0.2) is 4.98 Å². The van der Waals surface area contributed by atoms with E-state index < -0.39 is 28.5 Å². The van der Waals surface area contributed by atoms with Crippen molar-refractivity contribution in [1.82, 2.24) is 4.98 Å². The maximum atomic E-state index is 12.6. The molecule has 0 unspecified atom stereocenters. The number of alkyl halides is 3. The van der Waals surface area contributed by atoms with Crippen molar-refractivity contribution < 1.29 is 27.9 Å². The van der Waals surface area contributed by atoms with E-state index in [0.717, 1.165) is 6.07 Å². The number of hydrogen-bond acceptors (Lipinski definition) is 4. The second-order valence-corrected chi connectivity index (χ2v) is 5.94. The van der Waals surface area contributed by atoms with Crippen molar-refractivity contribution in [3.05, 3.63) is 23.4 Å². The number of carbonyl (C=O) groups is 2. The zero-order valence-corrected chi connectivity index (χ0v) is 11.3. The molecule has 1 heterocycles. The molecule has 0 aliphatic heterocycles. The minimum atomic E-state index is -4.70. The third-order valence-corrected chi connectivity index (χ3v) is 3.47. The number of hydrogen-bond donors (Lipinski definition) is 2. The molecule has 0 fully saturated rings. The summed E-state index contributed by atoms with van der Waals surface area (Å²) in [4.78, 5) is 25.5. The Bertz CT molecular complexity index is 558. The number of primary amides is 1. The van der Waals surface area contributed by atoms with Crippen molar-refractivity contribution >= 4 is 23.6 Å². The average molecular weight is 308 g/mol. The summed E-state index contributed by atoms with van der Waals surface area (Å²) in [6.07, 6.45) is -4.70. The van der Waals surface area contributed by atoms with Crippen LogP contribution >= 0.6 is 11.8 Å². The lowest BCUT2D eigenvalue weighted by Gasteiger charge is -2.19. The summed E-state index contributed by atoms with van der Waals surface area (Å²) < 4.78 is 36.3. The summed E-state index contributed by atoms with van der Waals surface area (Å²) in [6.45, 7) is 2.57. The molecule has 5 nitrogen and oxygen atoms in total. The number of pyridine rings is 1. The molecule has 0 aliphatic rings. The summed E-state index contributed by atoms with van der Waals surface area (Å²) in [7, 11) is 0. The third kappa shape index (κ3) is 3.62. The van der Waals surface area contributed by atoms with Crippen LogP contribution in [0.25, 0.3) is 0 Å². The number of nitrogens with zero attached hydrogens (tertiary/aromatic N) is 1. The van der Waals surface area contributed by atoms with Gasteiger partial charge in [0, 0.05) is 0 Å². The number of aromatic nitrogens is 1. The molecule has 9 heteroatoms. The van der Waals surface area contributed by atoms with Crippen LogP contribution in [0, 0.1) is 0 Å². The number of thioether (sulfide) groups is 1. The number of carbonyl (C=O) groups excluding carboxylic acids is 1. The smallest absolute Gasteiger partial charge is 0.433 e. The van der Waals surface area contributed by atoms with Crippen molar-refractivity contribution in [1.29, 1.82) is 0 Å². The molecule has 0 spiro atoms. The number of rotatable bonds is 4. The van der Waals surface area contributed by atoms with Gasteiger partial charge < -0.3 is 10.8 Å². The van der Waals surface area contributed by atoms with Gasteiger partial charge in [-0.15, -0.1) is 0 Å². The molecule has 0 radical (unpaired) electrons. The zero-order chi connectivity index (χ0) is 15.7. The Morgan fingerprint density at radius 2 is 1.85 bits per heavy atom. The minimum absolute atomic E-state index is 0.252. The van der Waals surface area contributed by atoms with Crippen LogP contribution in [-0.2, 0) is 11.0 Å². The maximum Gasteiger partial charge on any atom is 0.433 e. The fraction of sp³-hybridized carbons (Fsp3) is 0.364. The van der Waals surface area contributed by atoms with Crippen LogP contribution in [0.15, 0.2) is 17.2 Å². The highest BCUT2D eigenvalue weighted by molar-refractivity contribution is 8.01. The normalized spacial score (nSPS) is 12.2. The van der Waals surface area contributed by atoms with Gasteiger partial charge in [0.1, 0.15) is 15.5 Å². The van der Waals surface area contributed by atoms with E-state index in [9.17, 15) is 22.8 Å². The molecule has 0 aliphatic carbocycles. The molecule has 0 bridgehead atoms. The molecule has 110 valence electrons. The fourth-order valence-electron chi connectivity index (χ4n) is 1.15. The Labute approximate surface area is 116 Å². The maximum absolute atomic E-state index is 12.6. The van der Waals surface area contributed by atoms with Crippen LogP contribution in [0.2, 0.25) is 0 Å². The van der Waals surface area contributed by atoms with Crippen LogP contribution in [0.3, 0.4) is 0 Å². The predicted octanol–water partition coefficient (Wildman–Crippen LogP) is 2.15. The van der Waals surface area contributed by atoms with Crippen molar-refractivity contribution in [2.45, 2.75) is 29.8 Å². The van der Waals surface area contributed by atoms with E-state index in [2.05, 4.69) is 4.98 Å². The summed E-state index contributed by atoms with van der Waals surface area (Å²) >= 11 is 0.528. The summed E-state index contributed by atoms with van der Waals surface area (Å²) in [6, 6.07) is 1.51. The number of amides is 1. The number of nitrogens with two attached hydrogens (primary N) is 1. The van der Waals surface area contributed by atoms with Crippen molar-refractivity contribution in [2.75, 3.05) is 0 Å². The monoisotopic (exact) mass is 308 g/mol. The van der Waals surface area contributed by atoms with Gasteiger partial charge >= 0.3 is 12.1 Å². The fourth-order valence-corrected chi connectivity index (χ4v) is 2.14. The number of halogens is 3. The molecule has 1 aromatic heterocycles. The Hall–Kier alpha value is -1.77. The van der Waals surface area contributed by atoms with Gasteiger partial charge in [0.2, 0.25) is 0 Å². The quantitative estimate of drug-likeness (QED) is 0.831. The van der Waals surface area contributed by atoms with Crippen LogP contribution in [-0.4, -0.2) is 26.7 Å². The number of carboxylic acids is 1. The summed E-state index contributed by atoms with van der Waals surface area (Å²) in [5.74, 6) is -2.23. The highest BCUT2D eigenvalue weighted by Crippen LogP contribution is 2.36. The largest absolute Gasteiger partial charge is 0.480 e. The first kappa shape index (κ1) is 16.3. The molecule has 20 heavy (non-hydrogen) atoms.